The van der Waals surface area contributed by atoms with Gasteiger partial charge in [0, 0.05) is 19.6 Å². The van der Waals surface area contributed by atoms with E-state index in [4.69, 9.17) is 15.7 Å². The normalized spacial score (nSPS) is 31.8. The Morgan fingerprint density at radius 1 is 1.32 bits per heavy atom. The van der Waals surface area contributed by atoms with Gasteiger partial charge in [-0.25, -0.2) is 0 Å². The Hall–Kier alpha value is -1.12. The first-order valence-electron chi connectivity index (χ1n) is 8.62. The third-order valence-corrected chi connectivity index (χ3v) is 5.82. The summed E-state index contributed by atoms with van der Waals surface area (Å²) in [5.41, 5.74) is 5.78. The maximum absolute atomic E-state index is 11.4. The van der Waals surface area contributed by atoms with E-state index in [0.29, 0.717) is 24.4 Å². The zero-order chi connectivity index (χ0) is 15.6. The number of hydrogen-bond acceptors (Lipinski definition) is 4. The molecule has 3 rings (SSSR count). The van der Waals surface area contributed by atoms with Crippen molar-refractivity contribution in [2.75, 3.05) is 26.2 Å². The highest BCUT2D eigenvalue weighted by Crippen LogP contribution is 2.49. The molecule has 3 aliphatic rings. The lowest BCUT2D eigenvalue weighted by molar-refractivity contribution is -0.123. The fourth-order valence-electron chi connectivity index (χ4n) is 4.12. The molecule has 3 fully saturated rings. The molecule has 2 aliphatic heterocycles. The van der Waals surface area contributed by atoms with Crippen LogP contribution in [0.25, 0.3) is 0 Å². The van der Waals surface area contributed by atoms with Crippen LogP contribution in [0, 0.1) is 28.6 Å². The van der Waals surface area contributed by atoms with Crippen molar-refractivity contribution >= 4 is 5.91 Å². The summed E-state index contributed by atoms with van der Waals surface area (Å²) in [6.45, 7) is 4.00. The van der Waals surface area contributed by atoms with Crippen LogP contribution < -0.4 is 5.73 Å². The number of primary amides is 1. The topological polar surface area (TPSA) is 79.3 Å². The Labute approximate surface area is 132 Å². The maximum Gasteiger partial charge on any atom is 0.223 e. The van der Waals surface area contributed by atoms with Gasteiger partial charge in [0.2, 0.25) is 5.91 Å². The number of rotatable bonds is 6. The van der Waals surface area contributed by atoms with E-state index < -0.39 is 0 Å². The van der Waals surface area contributed by atoms with Crippen LogP contribution in [0.3, 0.4) is 0 Å². The van der Waals surface area contributed by atoms with E-state index in [1.807, 2.05) is 0 Å². The van der Waals surface area contributed by atoms with Crippen molar-refractivity contribution in [3.63, 3.8) is 0 Å². The number of carbonyl (C=O) groups is 1. The molecule has 0 bridgehead atoms. The van der Waals surface area contributed by atoms with Crippen LogP contribution in [0.1, 0.15) is 44.9 Å². The quantitative estimate of drug-likeness (QED) is 0.809. The summed E-state index contributed by atoms with van der Waals surface area (Å²) in [5, 5.41) is 8.92. The Bertz CT molecular complexity index is 447. The smallest absolute Gasteiger partial charge is 0.223 e. The molecule has 0 spiro atoms. The van der Waals surface area contributed by atoms with Gasteiger partial charge in [0.15, 0.2) is 0 Å². The summed E-state index contributed by atoms with van der Waals surface area (Å²) in [6, 6.07) is 2.35. The SMILES string of the molecule is N#CCC1(CN2CCC(C[C@H]3OCC[C@H]3C(N)=O)CC2)CC1. The summed E-state index contributed by atoms with van der Waals surface area (Å²) in [7, 11) is 0. The molecule has 0 unspecified atom stereocenters. The van der Waals surface area contributed by atoms with Gasteiger partial charge in [-0.15, -0.1) is 0 Å². The fraction of sp³-hybridized carbons (Fsp3) is 0.882. The zero-order valence-corrected chi connectivity index (χ0v) is 13.3. The average Bonchev–Trinajstić information content (AvgIpc) is 3.08. The van der Waals surface area contributed by atoms with Crippen molar-refractivity contribution < 1.29 is 9.53 Å². The van der Waals surface area contributed by atoms with Crippen molar-refractivity contribution in [1.29, 1.82) is 5.26 Å². The first-order valence-corrected chi connectivity index (χ1v) is 8.62. The van der Waals surface area contributed by atoms with Crippen LogP contribution >= 0.6 is 0 Å². The number of nitrogens with two attached hydrogens (primary N) is 1. The molecule has 2 N–H and O–H groups in total. The minimum absolute atomic E-state index is 0.0439. The molecule has 2 atom stereocenters. The highest BCUT2D eigenvalue weighted by Gasteiger charge is 2.44. The van der Waals surface area contributed by atoms with Gasteiger partial charge in [0.25, 0.3) is 0 Å². The second-order valence-corrected chi connectivity index (χ2v) is 7.50. The van der Waals surface area contributed by atoms with Crippen molar-refractivity contribution in [1.82, 2.24) is 4.90 Å². The molecule has 5 nitrogen and oxygen atoms in total. The van der Waals surface area contributed by atoms with Crippen LogP contribution in [0.15, 0.2) is 0 Å². The predicted octanol–water partition coefficient (Wildman–Crippen LogP) is 1.67. The lowest BCUT2D eigenvalue weighted by Crippen LogP contribution is -2.39. The predicted molar refractivity (Wildman–Crippen MR) is 82.7 cm³/mol. The highest BCUT2D eigenvalue weighted by molar-refractivity contribution is 5.77. The van der Waals surface area contributed by atoms with E-state index in [1.165, 1.54) is 25.7 Å². The molecule has 0 aromatic heterocycles. The van der Waals surface area contributed by atoms with Crippen LogP contribution in [-0.2, 0) is 9.53 Å². The number of ether oxygens (including phenoxy) is 1. The molecule has 1 saturated carbocycles. The monoisotopic (exact) mass is 305 g/mol. The molecule has 0 aromatic rings. The van der Waals surface area contributed by atoms with Crippen molar-refractivity contribution in [3.05, 3.63) is 0 Å². The molecular weight excluding hydrogens is 278 g/mol. The number of nitrogens with zero attached hydrogens (tertiary/aromatic N) is 2. The lowest BCUT2D eigenvalue weighted by atomic mass is 9.86. The molecular formula is C17H27N3O2. The van der Waals surface area contributed by atoms with Gasteiger partial charge in [-0.3, -0.25) is 4.79 Å². The van der Waals surface area contributed by atoms with E-state index in [1.54, 1.807) is 0 Å². The minimum Gasteiger partial charge on any atom is -0.377 e. The highest BCUT2D eigenvalue weighted by atomic mass is 16.5. The first kappa shape index (κ1) is 15.8. The standard InChI is InChI=1S/C17H27N3O2/c18-7-6-17(4-5-17)12-20-8-1-13(2-9-20)11-15-14(16(19)21)3-10-22-15/h13-15H,1-6,8-12H2,(H2,19,21)/t14-,15-/m1/s1. The average molecular weight is 305 g/mol. The van der Waals surface area contributed by atoms with Crippen molar-refractivity contribution in [3.8, 4) is 6.07 Å². The number of amides is 1. The van der Waals surface area contributed by atoms with E-state index in [9.17, 15) is 4.79 Å². The third-order valence-electron chi connectivity index (χ3n) is 5.82. The number of carbonyl (C=O) groups excluding carboxylic acids is 1. The Balaban J connectivity index is 1.42. The maximum atomic E-state index is 11.4. The molecule has 22 heavy (non-hydrogen) atoms. The van der Waals surface area contributed by atoms with Gasteiger partial charge in [-0.05, 0) is 62.9 Å². The van der Waals surface area contributed by atoms with E-state index in [0.717, 1.165) is 32.5 Å². The van der Waals surface area contributed by atoms with Gasteiger partial charge in [0.05, 0.1) is 18.1 Å². The Morgan fingerprint density at radius 3 is 2.64 bits per heavy atom. The van der Waals surface area contributed by atoms with Crippen LogP contribution in [0.5, 0.6) is 0 Å². The number of piperidine rings is 1. The largest absolute Gasteiger partial charge is 0.377 e. The Kier molecular flexibility index (Phi) is 4.70. The summed E-state index contributed by atoms with van der Waals surface area (Å²) in [4.78, 5) is 14.0. The molecule has 122 valence electrons. The van der Waals surface area contributed by atoms with Gasteiger partial charge in [-0.1, -0.05) is 0 Å². The summed E-state index contributed by atoms with van der Waals surface area (Å²) >= 11 is 0. The lowest BCUT2D eigenvalue weighted by Gasteiger charge is -2.35. The molecule has 2 heterocycles. The first-order chi connectivity index (χ1) is 10.6. The summed E-state index contributed by atoms with van der Waals surface area (Å²) < 4.78 is 5.73. The van der Waals surface area contributed by atoms with Gasteiger partial charge in [-0.2, -0.15) is 5.26 Å². The molecule has 2 saturated heterocycles. The third kappa shape index (κ3) is 3.61. The van der Waals surface area contributed by atoms with Crippen LogP contribution in [-0.4, -0.2) is 43.2 Å². The molecule has 0 radical (unpaired) electrons. The summed E-state index contributed by atoms with van der Waals surface area (Å²) in [6.07, 6.45) is 7.31. The fourth-order valence-corrected chi connectivity index (χ4v) is 4.12. The van der Waals surface area contributed by atoms with Gasteiger partial charge < -0.3 is 15.4 Å². The van der Waals surface area contributed by atoms with E-state index in [-0.39, 0.29) is 17.9 Å². The van der Waals surface area contributed by atoms with E-state index >= 15 is 0 Å². The molecule has 1 aliphatic carbocycles. The molecule has 1 amide bonds. The van der Waals surface area contributed by atoms with E-state index in [2.05, 4.69) is 11.0 Å². The Morgan fingerprint density at radius 2 is 2.05 bits per heavy atom. The second kappa shape index (κ2) is 6.55. The number of likely N-dealkylation sites (tertiary alicyclic amines) is 1. The van der Waals surface area contributed by atoms with Gasteiger partial charge >= 0.3 is 0 Å². The number of hydrogen-bond donors (Lipinski definition) is 1. The van der Waals surface area contributed by atoms with Crippen LogP contribution in [0.2, 0.25) is 0 Å². The van der Waals surface area contributed by atoms with Gasteiger partial charge in [0.1, 0.15) is 0 Å². The molecule has 0 aromatic carbocycles. The van der Waals surface area contributed by atoms with Crippen molar-refractivity contribution in [2.24, 2.45) is 23.0 Å². The zero-order valence-electron chi connectivity index (χ0n) is 13.3. The van der Waals surface area contributed by atoms with Crippen molar-refractivity contribution in [2.45, 2.75) is 51.0 Å². The minimum atomic E-state index is -0.202. The second-order valence-electron chi connectivity index (χ2n) is 7.50. The van der Waals surface area contributed by atoms with Crippen LogP contribution in [0.4, 0.5) is 0 Å². The summed E-state index contributed by atoms with van der Waals surface area (Å²) in [5.74, 6) is 0.364. The number of nitriles is 1. The molecule has 5 heteroatoms.